The van der Waals surface area contributed by atoms with E-state index < -0.39 is 11.6 Å². The van der Waals surface area contributed by atoms with Crippen LogP contribution in [-0.2, 0) is 0 Å². The Kier molecular flexibility index (Phi) is 5.42. The van der Waals surface area contributed by atoms with E-state index in [2.05, 4.69) is 15.9 Å². The number of benzene rings is 3. The van der Waals surface area contributed by atoms with Crippen molar-refractivity contribution in [3.05, 3.63) is 76.8 Å². The Morgan fingerprint density at radius 2 is 1.19 bits per heavy atom. The molecule has 0 heterocycles. The Hall–Kier alpha value is -2.60. The molecule has 0 unspecified atom stereocenters. The van der Waals surface area contributed by atoms with Crippen molar-refractivity contribution in [2.45, 2.75) is 0 Å². The molecule has 3 nitrogen and oxygen atoms in total. The van der Waals surface area contributed by atoms with Crippen molar-refractivity contribution >= 4 is 33.0 Å². The molecule has 0 amide bonds. The van der Waals surface area contributed by atoms with Crippen molar-refractivity contribution in [1.29, 1.82) is 0 Å². The molecule has 0 bridgehead atoms. The van der Waals surface area contributed by atoms with Gasteiger partial charge >= 0.3 is 0 Å². The maximum atomic E-state index is 14.7. The Morgan fingerprint density at radius 3 is 1.62 bits per heavy atom. The molecule has 0 aliphatic carbocycles. The van der Waals surface area contributed by atoms with Gasteiger partial charge in [-0.25, -0.2) is 8.78 Å². The lowest BCUT2D eigenvalue weighted by Gasteiger charge is -2.26. The zero-order valence-corrected chi connectivity index (χ0v) is 15.8. The predicted octanol–water partition coefficient (Wildman–Crippen LogP) is 6.21. The monoisotopic (exact) mass is 419 g/mol. The van der Waals surface area contributed by atoms with Crippen LogP contribution in [0.3, 0.4) is 0 Å². The van der Waals surface area contributed by atoms with Crippen LogP contribution < -0.4 is 14.4 Å². The van der Waals surface area contributed by atoms with Gasteiger partial charge in [-0.05, 0) is 70.5 Å². The average molecular weight is 420 g/mol. The summed E-state index contributed by atoms with van der Waals surface area (Å²) in [5, 5.41) is 0. The van der Waals surface area contributed by atoms with E-state index >= 15 is 0 Å². The molecule has 0 atom stereocenters. The van der Waals surface area contributed by atoms with Crippen molar-refractivity contribution in [2.75, 3.05) is 19.1 Å². The van der Waals surface area contributed by atoms with Crippen LogP contribution in [0.4, 0.5) is 25.8 Å². The van der Waals surface area contributed by atoms with Crippen molar-refractivity contribution in [3.8, 4) is 11.5 Å². The fraction of sp³-hybridized carbons (Fsp3) is 0.100. The molecule has 0 aromatic heterocycles. The first-order valence-corrected chi connectivity index (χ1v) is 8.55. The molecule has 3 rings (SSSR count). The molecular formula is C20H16BrF2NO2. The largest absolute Gasteiger partial charge is 0.497 e. The second kappa shape index (κ2) is 7.74. The predicted molar refractivity (Wildman–Crippen MR) is 102 cm³/mol. The zero-order valence-electron chi connectivity index (χ0n) is 14.2. The number of halogens is 3. The number of rotatable bonds is 5. The molecule has 0 saturated heterocycles. The van der Waals surface area contributed by atoms with E-state index in [4.69, 9.17) is 9.47 Å². The fourth-order valence-electron chi connectivity index (χ4n) is 2.57. The molecule has 134 valence electrons. The average Bonchev–Trinajstić information content (AvgIpc) is 2.67. The highest BCUT2D eigenvalue weighted by molar-refractivity contribution is 9.10. The number of hydrogen-bond donors (Lipinski definition) is 0. The van der Waals surface area contributed by atoms with Crippen LogP contribution in [0.1, 0.15) is 0 Å². The second-order valence-electron chi connectivity index (χ2n) is 5.45. The number of nitrogens with zero attached hydrogens (tertiary/aromatic N) is 1. The molecule has 0 aliphatic heterocycles. The standard InChI is InChI=1S/C20H16BrF2NO2/c1-25-15-7-3-13(4-8-15)24(14-5-9-16(26-2)10-6-14)20-12-18(22)17(21)11-19(20)23/h3-12H,1-2H3. The minimum Gasteiger partial charge on any atom is -0.497 e. The molecule has 6 heteroatoms. The van der Waals surface area contributed by atoms with Crippen molar-refractivity contribution < 1.29 is 18.3 Å². The third kappa shape index (κ3) is 3.65. The van der Waals surface area contributed by atoms with Gasteiger partial charge in [0, 0.05) is 17.4 Å². The summed E-state index contributed by atoms with van der Waals surface area (Å²) in [6, 6.07) is 16.4. The summed E-state index contributed by atoms with van der Waals surface area (Å²) in [5.41, 5.74) is 1.43. The van der Waals surface area contributed by atoms with Gasteiger partial charge in [0.1, 0.15) is 23.1 Å². The molecule has 3 aromatic rings. The first-order chi connectivity index (χ1) is 12.5. The number of ether oxygens (including phenoxy) is 2. The minimum atomic E-state index is -0.551. The summed E-state index contributed by atoms with van der Waals surface area (Å²) in [6.07, 6.45) is 0. The molecule has 0 saturated carbocycles. The molecule has 0 spiro atoms. The van der Waals surface area contributed by atoms with Crippen LogP contribution in [0, 0.1) is 11.6 Å². The topological polar surface area (TPSA) is 21.7 Å². The minimum absolute atomic E-state index is 0.0724. The van der Waals surface area contributed by atoms with Gasteiger partial charge in [-0.15, -0.1) is 0 Å². The zero-order chi connectivity index (χ0) is 18.7. The van der Waals surface area contributed by atoms with Crippen molar-refractivity contribution in [1.82, 2.24) is 0 Å². The summed E-state index contributed by atoms with van der Waals surface area (Å²) < 4.78 is 39.2. The van der Waals surface area contributed by atoms with Gasteiger partial charge < -0.3 is 14.4 Å². The van der Waals surface area contributed by atoms with E-state index in [-0.39, 0.29) is 10.2 Å². The summed E-state index contributed by atoms with van der Waals surface area (Å²) in [5.74, 6) is 0.245. The number of methoxy groups -OCH3 is 2. The van der Waals surface area contributed by atoms with Gasteiger partial charge in [0.2, 0.25) is 0 Å². The van der Waals surface area contributed by atoms with Crippen LogP contribution in [0.25, 0.3) is 0 Å². The van der Waals surface area contributed by atoms with E-state index in [0.717, 1.165) is 12.1 Å². The Balaban J connectivity index is 2.16. The maximum Gasteiger partial charge on any atom is 0.148 e. The molecule has 26 heavy (non-hydrogen) atoms. The van der Waals surface area contributed by atoms with E-state index in [0.29, 0.717) is 22.9 Å². The third-order valence-electron chi connectivity index (χ3n) is 3.89. The first-order valence-electron chi connectivity index (χ1n) is 7.76. The van der Waals surface area contributed by atoms with Crippen LogP contribution in [0.5, 0.6) is 11.5 Å². The van der Waals surface area contributed by atoms with Gasteiger partial charge in [0.25, 0.3) is 0 Å². The van der Waals surface area contributed by atoms with Gasteiger partial charge in [0.05, 0.1) is 24.4 Å². The quantitative estimate of drug-likeness (QED) is 0.458. The van der Waals surface area contributed by atoms with E-state index in [1.807, 2.05) is 0 Å². The summed E-state index contributed by atoms with van der Waals surface area (Å²) in [4.78, 5) is 1.63. The molecular weight excluding hydrogens is 404 g/mol. The second-order valence-corrected chi connectivity index (χ2v) is 6.30. The molecule has 0 radical (unpaired) electrons. The highest BCUT2D eigenvalue weighted by Gasteiger charge is 2.19. The lowest BCUT2D eigenvalue weighted by Crippen LogP contribution is -2.12. The summed E-state index contributed by atoms with van der Waals surface area (Å²) in [6.45, 7) is 0. The SMILES string of the molecule is COc1ccc(N(c2ccc(OC)cc2)c2cc(F)c(Br)cc2F)cc1. The van der Waals surface area contributed by atoms with Crippen LogP contribution >= 0.6 is 15.9 Å². The normalized spacial score (nSPS) is 10.5. The van der Waals surface area contributed by atoms with Crippen molar-refractivity contribution in [3.63, 3.8) is 0 Å². The van der Waals surface area contributed by atoms with Gasteiger partial charge in [0.15, 0.2) is 0 Å². The Morgan fingerprint density at radius 1 is 0.731 bits per heavy atom. The first kappa shape index (κ1) is 18.2. The van der Waals surface area contributed by atoms with Crippen LogP contribution in [0.2, 0.25) is 0 Å². The highest BCUT2D eigenvalue weighted by Crippen LogP contribution is 2.38. The smallest absolute Gasteiger partial charge is 0.148 e. The van der Waals surface area contributed by atoms with Crippen molar-refractivity contribution in [2.24, 2.45) is 0 Å². The van der Waals surface area contributed by atoms with E-state index in [1.165, 1.54) is 0 Å². The number of hydrogen-bond acceptors (Lipinski definition) is 3. The third-order valence-corrected chi connectivity index (χ3v) is 4.50. The Labute approximate surface area is 158 Å². The van der Waals surface area contributed by atoms with Gasteiger partial charge in [-0.2, -0.15) is 0 Å². The maximum absolute atomic E-state index is 14.7. The Bertz CT molecular complexity index is 851. The summed E-state index contributed by atoms with van der Waals surface area (Å²) in [7, 11) is 3.14. The van der Waals surface area contributed by atoms with E-state index in [9.17, 15) is 8.78 Å². The lowest BCUT2D eigenvalue weighted by molar-refractivity contribution is 0.415. The fourth-order valence-corrected chi connectivity index (χ4v) is 2.89. The number of anilines is 3. The van der Waals surface area contributed by atoms with Crippen LogP contribution in [-0.4, -0.2) is 14.2 Å². The molecule has 0 aliphatic rings. The molecule has 0 fully saturated rings. The lowest BCUT2D eigenvalue weighted by atomic mass is 10.1. The van der Waals surface area contributed by atoms with Gasteiger partial charge in [-0.1, -0.05) is 0 Å². The highest BCUT2D eigenvalue weighted by atomic mass is 79.9. The summed E-state index contributed by atoms with van der Waals surface area (Å²) >= 11 is 3.01. The van der Waals surface area contributed by atoms with Gasteiger partial charge in [-0.3, -0.25) is 0 Å². The molecule has 0 N–H and O–H groups in total. The molecule has 3 aromatic carbocycles. The van der Waals surface area contributed by atoms with Crippen LogP contribution in [0.15, 0.2) is 65.1 Å². The van der Waals surface area contributed by atoms with E-state index in [1.54, 1.807) is 67.7 Å².